The molecule has 7 aliphatic heterocycles. The summed E-state index contributed by atoms with van der Waals surface area (Å²) >= 11 is 7.31. The number of nitrogens with one attached hydrogen (secondary N) is 9. The summed E-state index contributed by atoms with van der Waals surface area (Å²) in [6.07, 6.45) is -11.2. The number of carboxylic acids is 1. The molecule has 23 N–H and O–H groups in total. The molecular formula is C82H110ClN11O27S. The van der Waals surface area contributed by atoms with E-state index in [4.69, 9.17) is 56.2 Å². The number of aliphatic carboxylic acids is 1. The smallest absolute Gasteiger partial charge is 0.330 e. The van der Waals surface area contributed by atoms with Crippen molar-refractivity contribution in [3.63, 3.8) is 0 Å². The molecule has 11 bridgehead atoms. The number of hydrogen-bond donors (Lipinski definition) is 21. The molecule has 0 radical (unpaired) electrons. The van der Waals surface area contributed by atoms with Gasteiger partial charge in [-0.15, -0.1) is 11.6 Å². The molecule has 40 heteroatoms. The average molecular weight is 1750 g/mol. The topological polar surface area (TPSA) is 598 Å². The third-order valence-corrected chi connectivity index (χ3v) is 24.7. The Kier molecular flexibility index (Phi) is 30.6. The molecule has 7 heterocycles. The van der Waals surface area contributed by atoms with Crippen molar-refractivity contribution >= 4 is 68.9 Å². The predicted octanol–water partition coefficient (Wildman–Crippen LogP) is -0.741. The summed E-state index contributed by atoms with van der Waals surface area (Å²) in [4.78, 5) is 120. The maximum Gasteiger partial charge on any atom is 0.330 e. The van der Waals surface area contributed by atoms with E-state index in [1.54, 1.807) is 19.1 Å². The summed E-state index contributed by atoms with van der Waals surface area (Å²) in [5.41, 5.74) is 9.79. The summed E-state index contributed by atoms with van der Waals surface area (Å²) in [6, 6.07) is -5.92. The molecule has 0 saturated carbocycles. The molecular weight excluding hydrogens is 1640 g/mol. The van der Waals surface area contributed by atoms with E-state index in [0.29, 0.717) is 12.4 Å². The molecule has 22 atom stereocenters. The van der Waals surface area contributed by atoms with Crippen molar-refractivity contribution in [2.45, 2.75) is 238 Å². The molecule has 11 aliphatic rings. The number of carbonyl (C=O) groups excluding carboxylic acids is 7. The number of fused-ring (bicyclic) bond motifs is 15. The number of likely N-dealkylation sites (N-methyl/N-ethyl adjacent to an activating group) is 1. The number of allylic oxidation sites excluding steroid dienone is 9. The first-order valence-electron chi connectivity index (χ1n) is 40.6. The molecule has 3 saturated heterocycles. The second kappa shape index (κ2) is 40.1. The largest absolute Gasteiger partial charge is 0.512 e. The van der Waals surface area contributed by atoms with Gasteiger partial charge in [0.1, 0.15) is 89.5 Å². The average Bonchev–Trinajstić information content (AvgIpc) is 0.751. The third kappa shape index (κ3) is 21.5. The zero-order valence-electron chi connectivity index (χ0n) is 68.3. The van der Waals surface area contributed by atoms with E-state index in [1.165, 1.54) is 57.3 Å². The van der Waals surface area contributed by atoms with E-state index < -0.39 is 261 Å². The highest BCUT2D eigenvalue weighted by atomic mass is 35.5. The summed E-state index contributed by atoms with van der Waals surface area (Å²) in [5, 5.41) is 138. The highest BCUT2D eigenvalue weighted by Gasteiger charge is 2.53. The maximum atomic E-state index is 16.4. The first-order valence-corrected chi connectivity index (χ1v) is 42.5. The Morgan fingerprint density at radius 3 is 2.16 bits per heavy atom. The summed E-state index contributed by atoms with van der Waals surface area (Å²) in [7, 11) is -2.52. The number of amides is 7. The van der Waals surface area contributed by atoms with Crippen LogP contribution in [0.1, 0.15) is 124 Å². The number of primary amides is 1. The van der Waals surface area contributed by atoms with Gasteiger partial charge in [-0.3, -0.25) is 33.6 Å². The highest BCUT2D eigenvalue weighted by molar-refractivity contribution is 7.89. The van der Waals surface area contributed by atoms with E-state index in [0.717, 1.165) is 43.5 Å². The molecule has 7 amide bonds. The SMILES string of the molecule is CCCCCOc1ccc(S(=O)(=O)NCCCNCC2C(O)=C3C(=C[C@@H]2O)[C@@H](C(=O)O)NC(=O)[C@H]2NC(=O)[C@H](NC(=O)[C@@H]4NC(=O)[C@H](CC(N)=O)NC(=O)[C@H](NC(=O)[C@@H](CC(C)C)NC)[C@H](O)C5=CC(C)=C(CC5)Oc5cc4cc(c5O[C@@H]4O[C@H](CO)[C@@H](O)[C@H](O)[C@H]4O[C@H]4C[C@](C)(N)[C@H](O)[C@H](C)O4)OC4=CC=C(C[C@@H]4Cl)[C@H]2O)C2=CC=C(O)C3C2)cc1. The third-order valence-electron chi connectivity index (χ3n) is 22.9. The number of hydrogen-bond acceptors (Lipinski definition) is 29. The van der Waals surface area contributed by atoms with Crippen LogP contribution in [0.3, 0.4) is 0 Å². The number of nitrogens with two attached hydrogens (primary N) is 2. The zero-order chi connectivity index (χ0) is 88.7. The maximum absolute atomic E-state index is 16.4. The zero-order valence-corrected chi connectivity index (χ0v) is 69.9. The van der Waals surface area contributed by atoms with Gasteiger partial charge in [0.2, 0.25) is 63.4 Å². The number of sulfonamides is 1. The molecule has 2 aromatic carbocycles. The van der Waals surface area contributed by atoms with Crippen molar-refractivity contribution in [3.8, 4) is 23.0 Å². The molecule has 668 valence electrons. The van der Waals surface area contributed by atoms with E-state index in [2.05, 4.69) is 54.2 Å². The molecule has 0 spiro atoms. The van der Waals surface area contributed by atoms with Crippen LogP contribution in [-0.4, -0.2) is 261 Å². The van der Waals surface area contributed by atoms with Crippen molar-refractivity contribution in [2.75, 3.05) is 39.9 Å². The van der Waals surface area contributed by atoms with Crippen LogP contribution in [0.5, 0.6) is 23.0 Å². The fourth-order valence-corrected chi connectivity index (χ4v) is 17.5. The first-order chi connectivity index (χ1) is 57.8. The van der Waals surface area contributed by atoms with Crippen LogP contribution in [0.4, 0.5) is 0 Å². The van der Waals surface area contributed by atoms with Gasteiger partial charge < -0.3 is 138 Å². The lowest BCUT2D eigenvalue weighted by Gasteiger charge is -2.47. The second-order valence-corrected chi connectivity index (χ2v) is 34.8. The molecule has 122 heavy (non-hydrogen) atoms. The van der Waals surface area contributed by atoms with Crippen molar-refractivity contribution < 1.29 is 131 Å². The molecule has 2 unspecified atom stereocenters. The minimum Gasteiger partial charge on any atom is -0.512 e. The van der Waals surface area contributed by atoms with Gasteiger partial charge >= 0.3 is 5.97 Å². The normalized spacial score (nSPS) is 31.9. The van der Waals surface area contributed by atoms with Gasteiger partial charge in [0.15, 0.2) is 29.9 Å². The Morgan fingerprint density at radius 1 is 0.803 bits per heavy atom. The molecule has 38 nitrogen and oxygen atoms in total. The van der Waals surface area contributed by atoms with Crippen LogP contribution in [0.25, 0.3) is 0 Å². The molecule has 4 aliphatic carbocycles. The monoisotopic (exact) mass is 1750 g/mol. The molecule has 0 aromatic heterocycles. The lowest BCUT2D eigenvalue weighted by Crippen LogP contribution is -2.64. The van der Waals surface area contributed by atoms with Crippen molar-refractivity contribution in [2.24, 2.45) is 29.2 Å². The van der Waals surface area contributed by atoms with Crippen molar-refractivity contribution in [3.05, 3.63) is 135 Å². The fraction of sp³-hybridized carbons (Fsp3) is 0.561. The van der Waals surface area contributed by atoms with Crippen LogP contribution in [0, 0.1) is 17.8 Å². The Morgan fingerprint density at radius 2 is 1.50 bits per heavy atom. The Balaban J connectivity index is 1.04. The highest BCUT2D eigenvalue weighted by Crippen LogP contribution is 2.48. The molecule has 2 aromatic rings. The number of aliphatic hydroxyl groups excluding tert-OH is 9. The molecule has 13 rings (SSSR count). The number of aliphatic hydroxyl groups is 9. The van der Waals surface area contributed by atoms with Crippen LogP contribution in [0.15, 0.2) is 134 Å². The fourth-order valence-electron chi connectivity index (χ4n) is 16.1. The predicted molar refractivity (Wildman–Crippen MR) is 434 cm³/mol. The summed E-state index contributed by atoms with van der Waals surface area (Å²) in [6.45, 7) is 9.49. The molecule has 3 fully saturated rings. The van der Waals surface area contributed by atoms with Gasteiger partial charge in [-0.1, -0.05) is 51.8 Å². The van der Waals surface area contributed by atoms with E-state index >= 15 is 24.0 Å². The van der Waals surface area contributed by atoms with Crippen molar-refractivity contribution in [1.82, 2.24) is 47.3 Å². The van der Waals surface area contributed by atoms with Gasteiger partial charge in [-0.05, 0) is 167 Å². The lowest BCUT2D eigenvalue weighted by atomic mass is 9.73. The van der Waals surface area contributed by atoms with Crippen LogP contribution in [-0.2, 0) is 62.6 Å². The number of halogens is 1. The second-order valence-electron chi connectivity index (χ2n) is 32.5. The van der Waals surface area contributed by atoms with E-state index in [-0.39, 0.29) is 96.4 Å². The van der Waals surface area contributed by atoms with Gasteiger partial charge in [-0.2, -0.15) is 0 Å². The number of ether oxygens (including phenoxy) is 7. The van der Waals surface area contributed by atoms with E-state index in [9.17, 15) is 73.9 Å². The Bertz CT molecular complexity index is 4670. The number of unbranched alkanes of at least 4 members (excludes halogenated alkanes) is 2. The number of rotatable bonds is 26. The van der Waals surface area contributed by atoms with Gasteiger partial charge in [0.05, 0.1) is 60.2 Å². The standard InChI is InChI=1S/C82H110ClN11O27S/c1-8-9-10-24-115-43-15-17-44(18-16-43)122(113,114)88-23-11-22-87-34-47-52(97)31-46-60(68(47)101)45-27-39(12-19-51(45)96)61-76(107)94-65(79(110)92-63(46)80(111)112)67(100)41-14-21-54(48(83)28-41)118-56-30-42-29-55(71(56)121-81-72(70(103)69(102)57(35-95)119-81)120-59-33-82(6,85)73(104)38(5)116-59)117-53-20-13-40(26-37(53)4)66(99)64(93-74(105)49(86-7)25-36(2)3)78(109)89-50(32-58(84)98)75(106)90-62(42)77(108)91-61/h12,14-19,21,26,29-31,36,38,45,47-50,52,57,59,61-67,69-70,72-73,81,86-88,95-97,99-104H,8-11,13,20,22-25,27-28,32-35,85H2,1-7H3,(H2,84,98)(H,89,109)(H,90,106)(H,91,108)(H,92,110)(H,93,105)(H,94,107)(H,111,112)/t38-,45?,47?,48-,49+,50-,52-,57+,59-,61+,62+,63-,64+,65-,66+,67+,69+,70-,72+,73+,81-,82-/m0/s1. The minimum absolute atomic E-state index is 0.0255. The van der Waals surface area contributed by atoms with E-state index in [1.807, 2.05) is 13.8 Å². The summed E-state index contributed by atoms with van der Waals surface area (Å²) in [5.74, 6) is -16.3. The van der Waals surface area contributed by atoms with Gasteiger partial charge in [-0.25, -0.2) is 17.9 Å². The lowest BCUT2D eigenvalue weighted by molar-refractivity contribution is -0.333. The van der Waals surface area contributed by atoms with Crippen molar-refractivity contribution in [1.29, 1.82) is 0 Å². The quantitative estimate of drug-likeness (QED) is 0.0407. The minimum atomic E-state index is -4.02. The Labute approximate surface area is 708 Å². The number of alkyl halides is 1. The van der Waals surface area contributed by atoms with Crippen LogP contribution in [0.2, 0.25) is 0 Å². The first kappa shape index (κ1) is 93.3. The van der Waals surface area contributed by atoms with Crippen LogP contribution < -0.4 is 77.7 Å². The number of carboxylic acid groups (broad SMARTS) is 1. The summed E-state index contributed by atoms with van der Waals surface area (Å²) < 4.78 is 74.1. The van der Waals surface area contributed by atoms with Gasteiger partial charge in [0, 0.05) is 43.0 Å². The van der Waals surface area contributed by atoms with Crippen LogP contribution >= 0.6 is 11.6 Å². The van der Waals surface area contributed by atoms with Gasteiger partial charge in [0.25, 0.3) is 0 Å². The number of carbonyl (C=O) groups is 8. The number of benzene rings is 2. The Hall–Kier alpha value is -9.40.